The number of carbonyl (C=O) groups is 3. The number of hydrogen-bond acceptors (Lipinski definition) is 5. The van der Waals surface area contributed by atoms with Gasteiger partial charge in [0.15, 0.2) is 0 Å². The van der Waals surface area contributed by atoms with Crippen LogP contribution in [0.2, 0.25) is 0 Å². The zero-order valence-corrected chi connectivity index (χ0v) is 25.3. The molecule has 0 saturated carbocycles. The summed E-state index contributed by atoms with van der Waals surface area (Å²) in [5, 5.41) is 14.7. The number of halogens is 1. The van der Waals surface area contributed by atoms with Gasteiger partial charge < -0.3 is 25.4 Å². The lowest BCUT2D eigenvalue weighted by atomic mass is 9.93. The van der Waals surface area contributed by atoms with Gasteiger partial charge in [0.25, 0.3) is 0 Å². The number of anilines is 2. The van der Waals surface area contributed by atoms with E-state index in [1.165, 1.54) is 7.11 Å². The molecule has 1 heterocycles. The monoisotopic (exact) mass is 636 g/mol. The average Bonchev–Trinajstić information content (AvgIpc) is 2.98. The maximum atomic E-state index is 13.6. The topological polar surface area (TPSA) is 111 Å². The first-order valence-corrected chi connectivity index (χ1v) is 14.9. The first kappa shape index (κ1) is 31.1. The summed E-state index contributed by atoms with van der Waals surface area (Å²) < 4.78 is 6.31. The van der Waals surface area contributed by atoms with Crippen LogP contribution in [-0.4, -0.2) is 66.1 Å². The zero-order valence-electron chi connectivity index (χ0n) is 23.7. The predicted octanol–water partition coefficient (Wildman–Crippen LogP) is 5.86. The van der Waals surface area contributed by atoms with Crippen LogP contribution in [0.15, 0.2) is 77.3 Å². The van der Waals surface area contributed by atoms with Crippen LogP contribution in [0.25, 0.3) is 0 Å². The molecule has 0 spiro atoms. The van der Waals surface area contributed by atoms with E-state index in [2.05, 4.69) is 26.6 Å². The Morgan fingerprint density at radius 3 is 2.33 bits per heavy atom. The van der Waals surface area contributed by atoms with E-state index < -0.39 is 12.0 Å². The fourth-order valence-electron chi connectivity index (χ4n) is 5.13. The molecule has 0 atom stereocenters. The molecule has 3 aromatic carbocycles. The third-order valence-electron chi connectivity index (χ3n) is 7.43. The van der Waals surface area contributed by atoms with Gasteiger partial charge in [-0.25, -0.2) is 4.79 Å². The summed E-state index contributed by atoms with van der Waals surface area (Å²) in [5.74, 6) is 0.133. The van der Waals surface area contributed by atoms with E-state index in [1.54, 1.807) is 18.2 Å². The van der Waals surface area contributed by atoms with Gasteiger partial charge in [-0.2, -0.15) is 0 Å². The van der Waals surface area contributed by atoms with Crippen LogP contribution in [0.4, 0.5) is 16.2 Å². The summed E-state index contributed by atoms with van der Waals surface area (Å²) >= 11 is 3.42. The van der Waals surface area contributed by atoms with E-state index in [1.807, 2.05) is 64.4 Å². The Bertz CT molecular complexity index is 1360. The van der Waals surface area contributed by atoms with Crippen molar-refractivity contribution in [2.45, 2.75) is 32.2 Å². The zero-order chi connectivity index (χ0) is 29.9. The van der Waals surface area contributed by atoms with Crippen molar-refractivity contribution in [2.75, 3.05) is 43.9 Å². The number of urea groups is 1. The molecule has 1 saturated heterocycles. The Balaban J connectivity index is 1.38. The summed E-state index contributed by atoms with van der Waals surface area (Å²) in [6.45, 7) is 2.76. The van der Waals surface area contributed by atoms with Crippen molar-refractivity contribution in [3.63, 3.8) is 0 Å². The van der Waals surface area contributed by atoms with Crippen LogP contribution in [-0.2, 0) is 22.6 Å². The second-order valence-electron chi connectivity index (χ2n) is 10.5. The van der Waals surface area contributed by atoms with Gasteiger partial charge in [0, 0.05) is 17.6 Å². The van der Waals surface area contributed by atoms with E-state index in [9.17, 15) is 14.4 Å². The Morgan fingerprint density at radius 1 is 0.952 bits per heavy atom. The maximum absolute atomic E-state index is 13.6. The molecule has 0 unspecified atom stereocenters. The molecular weight excluding hydrogens is 600 g/mol. The van der Waals surface area contributed by atoms with Gasteiger partial charge >= 0.3 is 12.0 Å². The number of rotatable bonds is 12. The molecule has 0 bridgehead atoms. The smallest absolute Gasteiger partial charge is 0.323 e. The summed E-state index contributed by atoms with van der Waals surface area (Å²) in [7, 11) is 1.53. The van der Waals surface area contributed by atoms with Crippen molar-refractivity contribution in [3.05, 3.63) is 88.4 Å². The van der Waals surface area contributed by atoms with Gasteiger partial charge in [0.05, 0.1) is 31.5 Å². The summed E-state index contributed by atoms with van der Waals surface area (Å²) in [6.07, 6.45) is 2.93. The molecule has 4 rings (SSSR count). The second kappa shape index (κ2) is 15.4. The Hall–Kier alpha value is -3.89. The number of methoxy groups -OCH3 is 1. The fourth-order valence-corrected chi connectivity index (χ4v) is 5.52. The fraction of sp³-hybridized carbons (Fsp3) is 0.344. The summed E-state index contributed by atoms with van der Waals surface area (Å²) in [6, 6.07) is 22.2. The number of likely N-dealkylation sites (tertiary alicyclic amines) is 1. The van der Waals surface area contributed by atoms with Crippen LogP contribution < -0.4 is 15.4 Å². The van der Waals surface area contributed by atoms with Crippen molar-refractivity contribution >= 4 is 45.2 Å². The Labute approximate surface area is 255 Å². The number of carboxylic acid groups (broad SMARTS) is 1. The van der Waals surface area contributed by atoms with E-state index in [4.69, 9.17) is 9.84 Å². The van der Waals surface area contributed by atoms with E-state index in [0.29, 0.717) is 36.1 Å². The highest BCUT2D eigenvalue weighted by atomic mass is 79.9. The largest absolute Gasteiger partial charge is 0.495 e. The predicted molar refractivity (Wildman–Crippen MR) is 167 cm³/mol. The summed E-state index contributed by atoms with van der Waals surface area (Å²) in [5.41, 5.74) is 2.98. The molecule has 3 amide bonds. The standard InChI is InChI=1S/C32H37BrN4O5/c1-42-29-19-25(11-12-28(29)35-32(41)34-27-10-6-5-9-26(27)33)20-30(38)37(21-24-7-3-2-4-8-24)18-15-23-13-16-36(17-14-23)22-31(39)40/h2-12,19,23H,13-18,20-22H2,1H3,(H,39,40)(H2,34,35,41). The number of carboxylic acids is 1. The number of piperidine rings is 1. The minimum Gasteiger partial charge on any atom is -0.495 e. The van der Waals surface area contributed by atoms with Crippen LogP contribution in [0.3, 0.4) is 0 Å². The number of nitrogens with zero attached hydrogens (tertiary/aromatic N) is 2. The first-order chi connectivity index (χ1) is 20.3. The molecule has 9 nitrogen and oxygen atoms in total. The average molecular weight is 638 g/mol. The van der Waals surface area contributed by atoms with Crippen molar-refractivity contribution in [3.8, 4) is 5.75 Å². The number of ether oxygens (including phenoxy) is 1. The second-order valence-corrected chi connectivity index (χ2v) is 11.3. The van der Waals surface area contributed by atoms with Crippen LogP contribution in [0.1, 0.15) is 30.4 Å². The number of hydrogen-bond donors (Lipinski definition) is 3. The van der Waals surface area contributed by atoms with E-state index in [-0.39, 0.29) is 18.9 Å². The molecule has 1 fully saturated rings. The number of amides is 3. The SMILES string of the molecule is COc1cc(CC(=O)N(CCC2CCN(CC(=O)O)CC2)Cc2ccccc2)ccc1NC(=O)Nc1ccccc1Br. The molecule has 0 radical (unpaired) electrons. The highest BCUT2D eigenvalue weighted by Crippen LogP contribution is 2.28. The van der Waals surface area contributed by atoms with Gasteiger partial charge in [0.1, 0.15) is 5.75 Å². The Morgan fingerprint density at radius 2 is 1.64 bits per heavy atom. The number of benzene rings is 3. The molecule has 1 aliphatic heterocycles. The third-order valence-corrected chi connectivity index (χ3v) is 8.13. The lowest BCUT2D eigenvalue weighted by Crippen LogP contribution is -2.39. The van der Waals surface area contributed by atoms with Gasteiger partial charge in [-0.1, -0.05) is 48.5 Å². The molecule has 0 aromatic heterocycles. The minimum atomic E-state index is -0.794. The van der Waals surface area contributed by atoms with Crippen LogP contribution in [0, 0.1) is 5.92 Å². The lowest BCUT2D eigenvalue weighted by Gasteiger charge is -2.32. The van der Waals surface area contributed by atoms with E-state index >= 15 is 0 Å². The van der Waals surface area contributed by atoms with Gasteiger partial charge in [-0.15, -0.1) is 0 Å². The summed E-state index contributed by atoms with van der Waals surface area (Å²) in [4.78, 5) is 41.1. The van der Waals surface area contributed by atoms with Crippen molar-refractivity contribution in [1.82, 2.24) is 9.80 Å². The van der Waals surface area contributed by atoms with Crippen molar-refractivity contribution in [1.29, 1.82) is 0 Å². The molecular formula is C32H37BrN4O5. The Kier molecular flexibility index (Phi) is 11.4. The normalized spacial score (nSPS) is 13.8. The maximum Gasteiger partial charge on any atom is 0.323 e. The van der Waals surface area contributed by atoms with Gasteiger partial charge in [-0.05, 0) is 89.6 Å². The molecule has 0 aliphatic carbocycles. The molecule has 3 N–H and O–H groups in total. The molecule has 10 heteroatoms. The van der Waals surface area contributed by atoms with Crippen LogP contribution in [0.5, 0.6) is 5.75 Å². The number of carbonyl (C=O) groups excluding carboxylic acids is 2. The van der Waals surface area contributed by atoms with Crippen LogP contribution >= 0.6 is 15.9 Å². The van der Waals surface area contributed by atoms with Crippen molar-refractivity contribution in [2.24, 2.45) is 5.92 Å². The number of aliphatic carboxylic acids is 1. The molecule has 3 aromatic rings. The van der Waals surface area contributed by atoms with Crippen molar-refractivity contribution < 1.29 is 24.2 Å². The van der Waals surface area contributed by atoms with E-state index in [0.717, 1.165) is 48.0 Å². The molecule has 1 aliphatic rings. The lowest BCUT2D eigenvalue weighted by molar-refractivity contribution is -0.138. The highest BCUT2D eigenvalue weighted by molar-refractivity contribution is 9.10. The number of nitrogens with one attached hydrogen (secondary N) is 2. The first-order valence-electron chi connectivity index (χ1n) is 14.1. The van der Waals surface area contributed by atoms with Gasteiger partial charge in [0.2, 0.25) is 5.91 Å². The quantitative estimate of drug-likeness (QED) is 0.230. The number of para-hydroxylation sites is 1. The molecule has 42 heavy (non-hydrogen) atoms. The minimum absolute atomic E-state index is 0.0107. The third kappa shape index (κ3) is 9.32. The highest BCUT2D eigenvalue weighted by Gasteiger charge is 2.23. The van der Waals surface area contributed by atoms with Gasteiger partial charge in [-0.3, -0.25) is 14.5 Å². The molecule has 222 valence electrons.